The number of aliphatic hydroxyl groups excluding tert-OH is 1. The minimum absolute atomic E-state index is 0.287. The molecule has 7 heteroatoms. The number of nitrogens with one attached hydrogen (secondary N) is 1. The lowest BCUT2D eigenvalue weighted by atomic mass is 10.1. The summed E-state index contributed by atoms with van der Waals surface area (Å²) < 4.78 is 31.9. The van der Waals surface area contributed by atoms with E-state index in [1.807, 2.05) is 0 Å². The SMILES string of the molecule is CCCCCCC/C=C/CC/C=C/C(O)C(CS(=O)(=O)O)NC(=O)CCCCCCCCC. The van der Waals surface area contributed by atoms with E-state index < -0.39 is 28.0 Å². The Balaban J connectivity index is 4.29. The zero-order valence-electron chi connectivity index (χ0n) is 21.0. The summed E-state index contributed by atoms with van der Waals surface area (Å²) in [4.78, 5) is 12.2. The van der Waals surface area contributed by atoms with Gasteiger partial charge in [-0.1, -0.05) is 102 Å². The molecule has 0 heterocycles. The van der Waals surface area contributed by atoms with Crippen molar-refractivity contribution in [1.29, 1.82) is 0 Å². The summed E-state index contributed by atoms with van der Waals surface area (Å²) >= 11 is 0. The van der Waals surface area contributed by atoms with Crippen LogP contribution in [0, 0.1) is 0 Å². The first-order valence-electron chi connectivity index (χ1n) is 13.0. The fraction of sp³-hybridized carbons (Fsp3) is 0.808. The van der Waals surface area contributed by atoms with Crippen molar-refractivity contribution >= 4 is 16.0 Å². The molecule has 3 N–H and O–H groups in total. The van der Waals surface area contributed by atoms with E-state index in [-0.39, 0.29) is 12.3 Å². The molecule has 194 valence electrons. The molecule has 2 atom stereocenters. The summed E-state index contributed by atoms with van der Waals surface area (Å²) in [6.45, 7) is 4.38. The molecule has 0 saturated carbocycles. The second-order valence-electron chi connectivity index (χ2n) is 8.96. The predicted molar refractivity (Wildman–Crippen MR) is 138 cm³/mol. The second kappa shape index (κ2) is 21.4. The minimum Gasteiger partial charge on any atom is -0.387 e. The highest BCUT2D eigenvalue weighted by atomic mass is 32.2. The standard InChI is InChI=1S/C26H49NO5S/c1-3-5-7-9-11-12-13-14-16-17-19-21-25(28)24(23-33(30,31)32)27-26(29)22-20-18-15-10-8-6-4-2/h13-14,19,21,24-25,28H,3-12,15-18,20,22-23H2,1-2H3,(H,27,29)(H,30,31,32)/b14-13+,21-19+. The fourth-order valence-electron chi connectivity index (χ4n) is 3.64. The fourth-order valence-corrected chi connectivity index (χ4v) is 4.37. The molecule has 33 heavy (non-hydrogen) atoms. The zero-order valence-corrected chi connectivity index (χ0v) is 21.8. The summed E-state index contributed by atoms with van der Waals surface area (Å²) in [6, 6.07) is -1.06. The highest BCUT2D eigenvalue weighted by Gasteiger charge is 2.24. The molecular weight excluding hydrogens is 438 g/mol. The lowest BCUT2D eigenvalue weighted by Gasteiger charge is -2.21. The molecule has 0 rings (SSSR count). The predicted octanol–water partition coefficient (Wildman–Crippen LogP) is 6.11. The lowest BCUT2D eigenvalue weighted by Crippen LogP contribution is -2.46. The van der Waals surface area contributed by atoms with E-state index in [9.17, 15) is 22.9 Å². The number of hydrogen-bond donors (Lipinski definition) is 3. The average Bonchev–Trinajstić information content (AvgIpc) is 2.75. The molecule has 0 radical (unpaired) electrons. The van der Waals surface area contributed by atoms with Crippen molar-refractivity contribution in [3.8, 4) is 0 Å². The number of unbranched alkanes of at least 4 members (excludes halogenated alkanes) is 12. The van der Waals surface area contributed by atoms with Crippen LogP contribution in [0.1, 0.15) is 117 Å². The van der Waals surface area contributed by atoms with Gasteiger partial charge in [0.2, 0.25) is 5.91 Å². The van der Waals surface area contributed by atoms with E-state index in [0.717, 1.165) is 32.1 Å². The molecule has 0 aromatic rings. The quantitative estimate of drug-likeness (QED) is 0.0970. The Morgan fingerprint density at radius 1 is 0.788 bits per heavy atom. The van der Waals surface area contributed by atoms with Crippen molar-refractivity contribution in [3.05, 3.63) is 24.3 Å². The third-order valence-corrected chi connectivity index (χ3v) is 6.41. The molecular formula is C26H49NO5S. The maximum Gasteiger partial charge on any atom is 0.267 e. The second-order valence-corrected chi connectivity index (χ2v) is 10.5. The topological polar surface area (TPSA) is 104 Å². The minimum atomic E-state index is -4.33. The van der Waals surface area contributed by atoms with Gasteiger partial charge in [0.15, 0.2) is 0 Å². The Hall–Kier alpha value is -1.18. The highest BCUT2D eigenvalue weighted by molar-refractivity contribution is 7.85. The van der Waals surface area contributed by atoms with Crippen LogP contribution >= 0.6 is 0 Å². The Bertz CT molecular complexity index is 631. The van der Waals surface area contributed by atoms with Gasteiger partial charge in [0.25, 0.3) is 10.1 Å². The number of rotatable bonds is 22. The van der Waals surface area contributed by atoms with Crippen LogP contribution in [-0.4, -0.2) is 41.9 Å². The first-order valence-corrected chi connectivity index (χ1v) is 14.6. The molecule has 0 aliphatic heterocycles. The monoisotopic (exact) mass is 487 g/mol. The lowest BCUT2D eigenvalue weighted by molar-refractivity contribution is -0.122. The highest BCUT2D eigenvalue weighted by Crippen LogP contribution is 2.10. The van der Waals surface area contributed by atoms with Crippen molar-refractivity contribution < 1.29 is 22.9 Å². The Morgan fingerprint density at radius 3 is 1.91 bits per heavy atom. The first kappa shape index (κ1) is 31.8. The van der Waals surface area contributed by atoms with E-state index in [4.69, 9.17) is 0 Å². The molecule has 0 spiro atoms. The summed E-state index contributed by atoms with van der Waals surface area (Å²) in [5, 5.41) is 12.9. The molecule has 2 unspecified atom stereocenters. The van der Waals surface area contributed by atoms with Crippen LogP contribution in [0.15, 0.2) is 24.3 Å². The van der Waals surface area contributed by atoms with Crippen LogP contribution in [0.4, 0.5) is 0 Å². The molecule has 0 fully saturated rings. The molecule has 0 aliphatic carbocycles. The molecule has 1 amide bonds. The van der Waals surface area contributed by atoms with Crippen LogP contribution in [0.5, 0.6) is 0 Å². The van der Waals surface area contributed by atoms with Gasteiger partial charge < -0.3 is 10.4 Å². The van der Waals surface area contributed by atoms with E-state index in [0.29, 0.717) is 6.42 Å². The van der Waals surface area contributed by atoms with Crippen LogP contribution < -0.4 is 5.32 Å². The number of amides is 1. The molecule has 0 saturated heterocycles. The van der Waals surface area contributed by atoms with E-state index >= 15 is 0 Å². The van der Waals surface area contributed by atoms with Crippen LogP contribution in [0.3, 0.4) is 0 Å². The number of carbonyl (C=O) groups is 1. The van der Waals surface area contributed by atoms with Gasteiger partial charge in [-0.05, 0) is 32.1 Å². The first-order chi connectivity index (χ1) is 15.8. The van der Waals surface area contributed by atoms with Gasteiger partial charge in [-0.15, -0.1) is 0 Å². The number of allylic oxidation sites excluding steroid dienone is 3. The van der Waals surface area contributed by atoms with Gasteiger partial charge in [0, 0.05) is 6.42 Å². The Kier molecular flexibility index (Phi) is 20.6. The van der Waals surface area contributed by atoms with Gasteiger partial charge in [-0.3, -0.25) is 9.35 Å². The Morgan fingerprint density at radius 2 is 1.30 bits per heavy atom. The molecule has 0 aromatic carbocycles. The normalized spacial score (nSPS) is 14.2. The summed E-state index contributed by atoms with van der Waals surface area (Å²) in [7, 11) is -4.33. The third kappa shape index (κ3) is 22.4. The van der Waals surface area contributed by atoms with E-state index in [1.165, 1.54) is 63.9 Å². The van der Waals surface area contributed by atoms with Crippen molar-refractivity contribution in [2.45, 2.75) is 129 Å². The van der Waals surface area contributed by atoms with Crippen LogP contribution in [-0.2, 0) is 14.9 Å². The van der Waals surface area contributed by atoms with Crippen molar-refractivity contribution in [3.63, 3.8) is 0 Å². The van der Waals surface area contributed by atoms with Crippen LogP contribution in [0.2, 0.25) is 0 Å². The molecule has 0 bridgehead atoms. The van der Waals surface area contributed by atoms with E-state index in [2.05, 4.69) is 31.3 Å². The van der Waals surface area contributed by atoms with Gasteiger partial charge >= 0.3 is 0 Å². The van der Waals surface area contributed by atoms with Gasteiger partial charge in [0.1, 0.15) is 0 Å². The maximum atomic E-state index is 12.2. The van der Waals surface area contributed by atoms with Gasteiger partial charge in [-0.2, -0.15) is 8.42 Å². The summed E-state index contributed by atoms with van der Waals surface area (Å²) in [5.74, 6) is -1.01. The van der Waals surface area contributed by atoms with Crippen molar-refractivity contribution in [1.82, 2.24) is 5.32 Å². The molecule has 6 nitrogen and oxygen atoms in total. The van der Waals surface area contributed by atoms with Crippen molar-refractivity contribution in [2.24, 2.45) is 0 Å². The number of carbonyl (C=O) groups excluding carboxylic acids is 1. The number of aliphatic hydroxyl groups is 1. The third-order valence-electron chi connectivity index (χ3n) is 5.63. The number of hydrogen-bond acceptors (Lipinski definition) is 4. The largest absolute Gasteiger partial charge is 0.387 e. The molecule has 0 aliphatic rings. The van der Waals surface area contributed by atoms with Crippen LogP contribution in [0.25, 0.3) is 0 Å². The Labute approximate surface area is 203 Å². The summed E-state index contributed by atoms with van der Waals surface area (Å²) in [6.07, 6.45) is 23.2. The van der Waals surface area contributed by atoms with Gasteiger partial charge in [0.05, 0.1) is 17.9 Å². The average molecular weight is 488 g/mol. The molecule has 0 aromatic heterocycles. The smallest absolute Gasteiger partial charge is 0.267 e. The van der Waals surface area contributed by atoms with E-state index in [1.54, 1.807) is 6.08 Å². The zero-order chi connectivity index (χ0) is 24.8. The summed E-state index contributed by atoms with van der Waals surface area (Å²) in [5.41, 5.74) is 0. The van der Waals surface area contributed by atoms with Crippen molar-refractivity contribution in [2.75, 3.05) is 5.75 Å². The maximum absolute atomic E-state index is 12.2. The van der Waals surface area contributed by atoms with Gasteiger partial charge in [-0.25, -0.2) is 0 Å².